The van der Waals surface area contributed by atoms with Gasteiger partial charge in [0.2, 0.25) is 0 Å². The molecule has 0 saturated heterocycles. The summed E-state index contributed by atoms with van der Waals surface area (Å²) in [5, 5.41) is 12.2. The second-order valence-electron chi connectivity index (χ2n) is 4.82. The molecular weight excluding hydrogens is 230 g/mol. The number of hydrogen-bond acceptors (Lipinski definition) is 3. The van der Waals surface area contributed by atoms with Gasteiger partial charge in [0.15, 0.2) is 0 Å². The van der Waals surface area contributed by atoms with E-state index < -0.39 is 11.4 Å². The normalized spacial score (nSPS) is 11.1. The van der Waals surface area contributed by atoms with Gasteiger partial charge >= 0.3 is 5.97 Å². The lowest BCUT2D eigenvalue weighted by Crippen LogP contribution is -2.26. The molecule has 2 N–H and O–H groups in total. The number of ether oxygens (including phenoxy) is 1. The van der Waals surface area contributed by atoms with Gasteiger partial charge in [-0.2, -0.15) is 0 Å². The van der Waals surface area contributed by atoms with Gasteiger partial charge in [0.1, 0.15) is 5.75 Å². The minimum atomic E-state index is -0.768. The minimum absolute atomic E-state index is 0.579. The van der Waals surface area contributed by atoms with E-state index in [0.29, 0.717) is 19.6 Å². The maximum Gasteiger partial charge on any atom is 0.309 e. The highest BCUT2D eigenvalue weighted by atomic mass is 16.5. The van der Waals surface area contributed by atoms with Gasteiger partial charge in [-0.3, -0.25) is 4.79 Å². The van der Waals surface area contributed by atoms with Gasteiger partial charge in [0, 0.05) is 12.2 Å². The largest absolute Gasteiger partial charge is 0.494 e. The van der Waals surface area contributed by atoms with Crippen LogP contribution in [0.2, 0.25) is 0 Å². The summed E-state index contributed by atoms with van der Waals surface area (Å²) in [7, 11) is 0. The standard InChI is InChI=1S/C14H21NO3/c1-4-18-12-7-5-11(6-8-12)15-10-9-14(2,3)13(16)17/h5-8,15H,4,9-10H2,1-3H3,(H,16,17). The number of carbonyl (C=O) groups is 1. The molecule has 1 rings (SSSR count). The zero-order chi connectivity index (χ0) is 13.6. The van der Waals surface area contributed by atoms with Gasteiger partial charge in [0.05, 0.1) is 12.0 Å². The Balaban J connectivity index is 2.42. The number of anilines is 1. The van der Waals surface area contributed by atoms with Crippen LogP contribution in [0.15, 0.2) is 24.3 Å². The lowest BCUT2D eigenvalue weighted by atomic mass is 9.90. The van der Waals surface area contributed by atoms with E-state index >= 15 is 0 Å². The fourth-order valence-electron chi connectivity index (χ4n) is 1.46. The van der Waals surface area contributed by atoms with Gasteiger partial charge in [0.25, 0.3) is 0 Å². The van der Waals surface area contributed by atoms with Crippen LogP contribution in [0, 0.1) is 5.41 Å². The molecule has 0 fully saturated rings. The third-order valence-electron chi connectivity index (χ3n) is 2.82. The maximum atomic E-state index is 10.9. The van der Waals surface area contributed by atoms with Crippen LogP contribution >= 0.6 is 0 Å². The summed E-state index contributed by atoms with van der Waals surface area (Å²) in [6.07, 6.45) is 0.579. The molecule has 0 unspecified atom stereocenters. The SMILES string of the molecule is CCOc1ccc(NCCC(C)(C)C(=O)O)cc1. The van der Waals surface area contributed by atoms with E-state index in [1.807, 2.05) is 31.2 Å². The van der Waals surface area contributed by atoms with Crippen LogP contribution in [0.3, 0.4) is 0 Å². The predicted molar refractivity (Wildman–Crippen MR) is 72.1 cm³/mol. The minimum Gasteiger partial charge on any atom is -0.494 e. The van der Waals surface area contributed by atoms with Gasteiger partial charge in [-0.25, -0.2) is 0 Å². The summed E-state index contributed by atoms with van der Waals surface area (Å²) in [6.45, 7) is 6.69. The van der Waals surface area contributed by atoms with Crippen LogP contribution in [0.5, 0.6) is 5.75 Å². The highest BCUT2D eigenvalue weighted by Gasteiger charge is 2.26. The Morgan fingerprint density at radius 3 is 2.44 bits per heavy atom. The summed E-state index contributed by atoms with van der Waals surface area (Å²) >= 11 is 0. The first-order chi connectivity index (χ1) is 8.45. The zero-order valence-corrected chi connectivity index (χ0v) is 11.2. The molecule has 0 heterocycles. The monoisotopic (exact) mass is 251 g/mol. The number of nitrogens with one attached hydrogen (secondary N) is 1. The van der Waals surface area contributed by atoms with Gasteiger partial charge in [-0.05, 0) is 51.5 Å². The van der Waals surface area contributed by atoms with E-state index in [0.717, 1.165) is 11.4 Å². The second-order valence-corrected chi connectivity index (χ2v) is 4.82. The first kappa shape index (κ1) is 14.4. The van der Waals surface area contributed by atoms with Crippen molar-refractivity contribution in [1.82, 2.24) is 0 Å². The smallest absolute Gasteiger partial charge is 0.309 e. The van der Waals surface area contributed by atoms with Crippen molar-refractivity contribution in [3.63, 3.8) is 0 Å². The van der Waals surface area contributed by atoms with Crippen molar-refractivity contribution in [2.24, 2.45) is 5.41 Å². The number of carboxylic acid groups (broad SMARTS) is 1. The molecule has 0 aliphatic carbocycles. The maximum absolute atomic E-state index is 10.9. The Hall–Kier alpha value is -1.71. The van der Waals surface area contributed by atoms with E-state index in [-0.39, 0.29) is 0 Å². The van der Waals surface area contributed by atoms with Crippen molar-refractivity contribution in [1.29, 1.82) is 0 Å². The molecule has 4 nitrogen and oxygen atoms in total. The third kappa shape index (κ3) is 4.28. The fourth-order valence-corrected chi connectivity index (χ4v) is 1.46. The Kier molecular flexibility index (Phi) is 5.01. The molecular formula is C14H21NO3. The number of carboxylic acids is 1. The van der Waals surface area contributed by atoms with Crippen LogP contribution in [0.25, 0.3) is 0 Å². The van der Waals surface area contributed by atoms with Crippen LogP contribution in [-0.4, -0.2) is 24.2 Å². The van der Waals surface area contributed by atoms with Crippen LogP contribution < -0.4 is 10.1 Å². The van der Waals surface area contributed by atoms with Crippen molar-refractivity contribution in [2.75, 3.05) is 18.5 Å². The summed E-state index contributed by atoms with van der Waals surface area (Å²) < 4.78 is 5.35. The van der Waals surface area contributed by atoms with Gasteiger partial charge in [-0.1, -0.05) is 0 Å². The lowest BCUT2D eigenvalue weighted by molar-refractivity contribution is -0.147. The van der Waals surface area contributed by atoms with Crippen molar-refractivity contribution >= 4 is 11.7 Å². The number of hydrogen-bond donors (Lipinski definition) is 2. The third-order valence-corrected chi connectivity index (χ3v) is 2.82. The molecule has 0 aromatic heterocycles. The van der Waals surface area contributed by atoms with Crippen LogP contribution in [0.1, 0.15) is 27.2 Å². The van der Waals surface area contributed by atoms with Crippen molar-refractivity contribution in [2.45, 2.75) is 27.2 Å². The van der Waals surface area contributed by atoms with Gasteiger partial charge < -0.3 is 15.2 Å². The van der Waals surface area contributed by atoms with E-state index in [2.05, 4.69) is 5.32 Å². The predicted octanol–water partition coefficient (Wildman–Crippen LogP) is 3.00. The van der Waals surface area contributed by atoms with Gasteiger partial charge in [-0.15, -0.1) is 0 Å². The number of rotatable bonds is 7. The lowest BCUT2D eigenvalue weighted by Gasteiger charge is -2.19. The molecule has 0 radical (unpaired) electrons. The molecule has 0 atom stereocenters. The Morgan fingerprint density at radius 2 is 1.94 bits per heavy atom. The van der Waals surface area contributed by atoms with Crippen LogP contribution in [0.4, 0.5) is 5.69 Å². The topological polar surface area (TPSA) is 58.6 Å². The highest BCUT2D eigenvalue weighted by Crippen LogP contribution is 2.21. The van der Waals surface area contributed by atoms with E-state index in [1.165, 1.54) is 0 Å². The molecule has 0 bridgehead atoms. The molecule has 18 heavy (non-hydrogen) atoms. The first-order valence-electron chi connectivity index (χ1n) is 6.16. The molecule has 1 aromatic rings. The quantitative estimate of drug-likeness (QED) is 0.782. The summed E-state index contributed by atoms with van der Waals surface area (Å²) in [6, 6.07) is 7.65. The molecule has 0 aliphatic heterocycles. The molecule has 4 heteroatoms. The van der Waals surface area contributed by atoms with E-state index in [1.54, 1.807) is 13.8 Å². The van der Waals surface area contributed by atoms with Crippen molar-refractivity contribution in [3.05, 3.63) is 24.3 Å². The average molecular weight is 251 g/mol. The molecule has 0 spiro atoms. The van der Waals surface area contributed by atoms with Crippen molar-refractivity contribution in [3.8, 4) is 5.75 Å². The fraction of sp³-hybridized carbons (Fsp3) is 0.500. The summed E-state index contributed by atoms with van der Waals surface area (Å²) in [4.78, 5) is 10.9. The molecule has 0 aliphatic rings. The first-order valence-corrected chi connectivity index (χ1v) is 6.16. The summed E-state index contributed by atoms with van der Waals surface area (Å²) in [5.41, 5.74) is 0.276. The van der Waals surface area contributed by atoms with Crippen LogP contribution in [-0.2, 0) is 4.79 Å². The average Bonchev–Trinajstić information content (AvgIpc) is 2.31. The molecule has 1 aromatic carbocycles. The Bertz CT molecular complexity index is 385. The van der Waals surface area contributed by atoms with E-state index in [4.69, 9.17) is 9.84 Å². The number of benzene rings is 1. The second kappa shape index (κ2) is 6.28. The molecule has 0 saturated carbocycles. The Morgan fingerprint density at radius 1 is 1.33 bits per heavy atom. The summed E-state index contributed by atoms with van der Waals surface area (Å²) in [5.74, 6) is 0.0740. The highest BCUT2D eigenvalue weighted by molar-refractivity contribution is 5.73. The number of aliphatic carboxylic acids is 1. The van der Waals surface area contributed by atoms with E-state index in [9.17, 15) is 4.79 Å². The molecule has 0 amide bonds. The Labute approximate surface area is 108 Å². The van der Waals surface area contributed by atoms with Crippen molar-refractivity contribution < 1.29 is 14.6 Å². The zero-order valence-electron chi connectivity index (χ0n) is 11.2. The molecule has 100 valence electrons.